The van der Waals surface area contributed by atoms with Gasteiger partial charge in [-0.05, 0) is 43.5 Å². The van der Waals surface area contributed by atoms with E-state index in [9.17, 15) is 4.79 Å². The molecule has 0 heterocycles. The standard InChI is InChI=1S/C20H25NO3/c1-5-17(24-18-12-8-9-14(2)15(18)3)20(22)21-13-16-10-6-7-11-19(16)23-4/h6-12,17H,5,13H2,1-4H3,(H,21,22)/t17-/m0/s1. The molecule has 0 aliphatic carbocycles. The lowest BCUT2D eigenvalue weighted by atomic mass is 10.1. The lowest BCUT2D eigenvalue weighted by Gasteiger charge is -2.19. The average Bonchev–Trinajstić information content (AvgIpc) is 2.61. The van der Waals surface area contributed by atoms with Crippen molar-refractivity contribution < 1.29 is 14.3 Å². The van der Waals surface area contributed by atoms with E-state index in [2.05, 4.69) is 5.32 Å². The highest BCUT2D eigenvalue weighted by molar-refractivity contribution is 5.81. The highest BCUT2D eigenvalue weighted by Gasteiger charge is 2.19. The van der Waals surface area contributed by atoms with Crippen LogP contribution in [0.15, 0.2) is 42.5 Å². The quantitative estimate of drug-likeness (QED) is 0.842. The molecule has 2 rings (SSSR count). The predicted molar refractivity (Wildman–Crippen MR) is 95.5 cm³/mol. The number of rotatable bonds is 7. The van der Waals surface area contributed by atoms with Crippen LogP contribution in [0.3, 0.4) is 0 Å². The van der Waals surface area contributed by atoms with Crippen LogP contribution in [0.1, 0.15) is 30.0 Å². The zero-order chi connectivity index (χ0) is 17.5. The minimum absolute atomic E-state index is 0.121. The summed E-state index contributed by atoms with van der Waals surface area (Å²) in [5, 5.41) is 2.94. The Kier molecular flexibility index (Phi) is 6.24. The summed E-state index contributed by atoms with van der Waals surface area (Å²) < 4.78 is 11.2. The summed E-state index contributed by atoms with van der Waals surface area (Å²) in [7, 11) is 1.62. The molecule has 1 atom stereocenters. The van der Waals surface area contributed by atoms with Gasteiger partial charge in [0.1, 0.15) is 11.5 Å². The van der Waals surface area contributed by atoms with E-state index in [1.54, 1.807) is 7.11 Å². The first-order chi connectivity index (χ1) is 11.6. The number of hydrogen-bond acceptors (Lipinski definition) is 3. The summed E-state index contributed by atoms with van der Waals surface area (Å²) in [6.45, 7) is 6.39. The molecule has 0 radical (unpaired) electrons. The van der Waals surface area contributed by atoms with Crippen molar-refractivity contribution in [3.05, 3.63) is 59.2 Å². The molecule has 0 aliphatic rings. The fraction of sp³-hybridized carbons (Fsp3) is 0.350. The SMILES string of the molecule is CC[C@H](Oc1cccc(C)c1C)C(=O)NCc1ccccc1OC. The summed E-state index contributed by atoms with van der Waals surface area (Å²) in [6.07, 6.45) is 0.0886. The number of hydrogen-bond donors (Lipinski definition) is 1. The van der Waals surface area contributed by atoms with E-state index in [-0.39, 0.29) is 5.91 Å². The largest absolute Gasteiger partial charge is 0.496 e. The molecule has 2 aromatic carbocycles. The van der Waals surface area contributed by atoms with Gasteiger partial charge < -0.3 is 14.8 Å². The Morgan fingerprint density at radius 2 is 1.79 bits per heavy atom. The van der Waals surface area contributed by atoms with Gasteiger partial charge in [0, 0.05) is 12.1 Å². The zero-order valence-electron chi connectivity index (χ0n) is 14.8. The minimum atomic E-state index is -0.514. The average molecular weight is 327 g/mol. The Labute approximate surface area is 143 Å². The molecular formula is C20H25NO3. The molecule has 0 saturated carbocycles. The van der Waals surface area contributed by atoms with Gasteiger partial charge in [-0.3, -0.25) is 4.79 Å². The topological polar surface area (TPSA) is 47.6 Å². The summed E-state index contributed by atoms with van der Waals surface area (Å²) in [5.41, 5.74) is 3.15. The van der Waals surface area contributed by atoms with Gasteiger partial charge in [-0.1, -0.05) is 37.3 Å². The molecule has 128 valence electrons. The fourth-order valence-electron chi connectivity index (χ4n) is 2.47. The van der Waals surface area contributed by atoms with Crippen molar-refractivity contribution >= 4 is 5.91 Å². The predicted octanol–water partition coefficient (Wildman–Crippen LogP) is 3.79. The molecule has 0 bridgehead atoms. The number of carbonyl (C=O) groups excluding carboxylic acids is 1. The number of benzene rings is 2. The maximum absolute atomic E-state index is 12.5. The molecule has 0 unspecified atom stereocenters. The van der Waals surface area contributed by atoms with Crippen molar-refractivity contribution in [1.82, 2.24) is 5.32 Å². The third-order valence-electron chi connectivity index (χ3n) is 4.13. The highest BCUT2D eigenvalue weighted by Crippen LogP contribution is 2.22. The minimum Gasteiger partial charge on any atom is -0.496 e. The van der Waals surface area contributed by atoms with Gasteiger partial charge in [0.2, 0.25) is 0 Å². The molecule has 24 heavy (non-hydrogen) atoms. The second kappa shape index (κ2) is 8.39. The lowest BCUT2D eigenvalue weighted by molar-refractivity contribution is -0.128. The van der Waals surface area contributed by atoms with Gasteiger partial charge in [0.25, 0.3) is 5.91 Å². The van der Waals surface area contributed by atoms with Crippen molar-refractivity contribution in [3.63, 3.8) is 0 Å². The summed E-state index contributed by atoms with van der Waals surface area (Å²) in [5.74, 6) is 1.40. The third kappa shape index (κ3) is 4.28. The molecule has 0 aromatic heterocycles. The van der Waals surface area contributed by atoms with Crippen LogP contribution in [0.2, 0.25) is 0 Å². The number of methoxy groups -OCH3 is 1. The Morgan fingerprint density at radius 3 is 2.50 bits per heavy atom. The maximum Gasteiger partial charge on any atom is 0.261 e. The Balaban J connectivity index is 2.02. The molecule has 4 heteroatoms. The Hall–Kier alpha value is -2.49. The number of ether oxygens (including phenoxy) is 2. The number of carbonyl (C=O) groups is 1. The van der Waals surface area contributed by atoms with E-state index in [1.807, 2.05) is 63.2 Å². The molecule has 4 nitrogen and oxygen atoms in total. The van der Waals surface area contributed by atoms with Crippen LogP contribution in [0.25, 0.3) is 0 Å². The van der Waals surface area contributed by atoms with E-state index in [0.717, 1.165) is 28.2 Å². The van der Waals surface area contributed by atoms with Crippen molar-refractivity contribution in [1.29, 1.82) is 0 Å². The number of amides is 1. The van der Waals surface area contributed by atoms with E-state index in [4.69, 9.17) is 9.47 Å². The number of nitrogens with one attached hydrogen (secondary N) is 1. The van der Waals surface area contributed by atoms with Crippen LogP contribution in [-0.4, -0.2) is 19.1 Å². The van der Waals surface area contributed by atoms with Crippen LogP contribution in [0, 0.1) is 13.8 Å². The molecule has 1 N–H and O–H groups in total. The second-order valence-corrected chi connectivity index (χ2v) is 5.74. The van der Waals surface area contributed by atoms with Crippen LogP contribution in [0.5, 0.6) is 11.5 Å². The van der Waals surface area contributed by atoms with Crippen LogP contribution < -0.4 is 14.8 Å². The molecule has 0 saturated heterocycles. The fourth-order valence-corrected chi connectivity index (χ4v) is 2.47. The van der Waals surface area contributed by atoms with Crippen LogP contribution in [-0.2, 0) is 11.3 Å². The third-order valence-corrected chi connectivity index (χ3v) is 4.13. The van der Waals surface area contributed by atoms with E-state index in [0.29, 0.717) is 13.0 Å². The molecule has 1 amide bonds. The van der Waals surface area contributed by atoms with Gasteiger partial charge in [0.05, 0.1) is 7.11 Å². The monoisotopic (exact) mass is 327 g/mol. The normalized spacial score (nSPS) is 11.7. The van der Waals surface area contributed by atoms with Gasteiger partial charge in [-0.15, -0.1) is 0 Å². The molecule has 0 fully saturated rings. The summed E-state index contributed by atoms with van der Waals surface area (Å²) in [6, 6.07) is 13.5. The Bertz CT molecular complexity index is 697. The maximum atomic E-state index is 12.5. The first-order valence-electron chi connectivity index (χ1n) is 8.19. The summed E-state index contributed by atoms with van der Waals surface area (Å²) >= 11 is 0. The van der Waals surface area contributed by atoms with E-state index in [1.165, 1.54) is 0 Å². The van der Waals surface area contributed by atoms with E-state index >= 15 is 0 Å². The van der Waals surface area contributed by atoms with Crippen molar-refractivity contribution in [2.45, 2.75) is 39.8 Å². The van der Waals surface area contributed by atoms with Gasteiger partial charge in [-0.25, -0.2) is 0 Å². The smallest absolute Gasteiger partial charge is 0.261 e. The van der Waals surface area contributed by atoms with Gasteiger partial charge >= 0.3 is 0 Å². The number of aryl methyl sites for hydroxylation is 1. The van der Waals surface area contributed by atoms with Crippen molar-refractivity contribution in [3.8, 4) is 11.5 Å². The first-order valence-corrected chi connectivity index (χ1v) is 8.19. The molecule has 2 aromatic rings. The molecular weight excluding hydrogens is 302 g/mol. The lowest BCUT2D eigenvalue weighted by Crippen LogP contribution is -2.37. The zero-order valence-corrected chi connectivity index (χ0v) is 14.8. The van der Waals surface area contributed by atoms with Crippen molar-refractivity contribution in [2.24, 2.45) is 0 Å². The van der Waals surface area contributed by atoms with E-state index < -0.39 is 6.10 Å². The first kappa shape index (κ1) is 17.9. The Morgan fingerprint density at radius 1 is 1.08 bits per heavy atom. The second-order valence-electron chi connectivity index (χ2n) is 5.74. The van der Waals surface area contributed by atoms with Crippen molar-refractivity contribution in [2.75, 3.05) is 7.11 Å². The highest BCUT2D eigenvalue weighted by atomic mass is 16.5. The van der Waals surface area contributed by atoms with Gasteiger partial charge in [-0.2, -0.15) is 0 Å². The molecule has 0 aliphatic heterocycles. The van der Waals surface area contributed by atoms with Crippen LogP contribution in [0.4, 0.5) is 0 Å². The van der Waals surface area contributed by atoms with Gasteiger partial charge in [0.15, 0.2) is 6.10 Å². The van der Waals surface area contributed by atoms with Crippen LogP contribution >= 0.6 is 0 Å². The molecule has 0 spiro atoms. The number of para-hydroxylation sites is 1. The summed E-state index contributed by atoms with van der Waals surface area (Å²) in [4.78, 5) is 12.5.